The number of nitrogens with one attached hydrogen (secondary N) is 1. The topological polar surface area (TPSA) is 51.2 Å². The number of halogens is 2. The van der Waals surface area contributed by atoms with Gasteiger partial charge in [-0.2, -0.15) is 0 Å². The van der Waals surface area contributed by atoms with Gasteiger partial charge in [-0.15, -0.1) is 0 Å². The highest BCUT2D eigenvalue weighted by Crippen LogP contribution is 2.22. The standard InChI is InChI=1S/C14H12BrFN2O2/c1-9(14(19)18-11-4-6-17-7-5-11)20-13-3-2-10(15)8-12(13)16/h2-9H,1H3,(H,17,18,19). The molecule has 0 aliphatic carbocycles. The van der Waals surface area contributed by atoms with Crippen molar-refractivity contribution >= 4 is 27.5 Å². The number of anilines is 1. The van der Waals surface area contributed by atoms with E-state index in [9.17, 15) is 9.18 Å². The summed E-state index contributed by atoms with van der Waals surface area (Å²) in [5, 5.41) is 2.66. The molecule has 0 bridgehead atoms. The molecule has 0 radical (unpaired) electrons. The summed E-state index contributed by atoms with van der Waals surface area (Å²) >= 11 is 3.15. The normalized spacial score (nSPS) is 11.8. The minimum Gasteiger partial charge on any atom is -0.478 e. The summed E-state index contributed by atoms with van der Waals surface area (Å²) in [5.41, 5.74) is 0.608. The van der Waals surface area contributed by atoms with Gasteiger partial charge in [-0.25, -0.2) is 4.39 Å². The van der Waals surface area contributed by atoms with Crippen molar-refractivity contribution in [3.05, 3.63) is 53.0 Å². The second-order valence-corrected chi connectivity index (χ2v) is 4.98. The van der Waals surface area contributed by atoms with Gasteiger partial charge in [0, 0.05) is 22.6 Å². The van der Waals surface area contributed by atoms with E-state index < -0.39 is 11.9 Å². The molecule has 1 atom stereocenters. The fourth-order valence-electron chi connectivity index (χ4n) is 1.49. The number of rotatable bonds is 4. The number of nitrogens with zero attached hydrogens (tertiary/aromatic N) is 1. The van der Waals surface area contributed by atoms with Crippen LogP contribution < -0.4 is 10.1 Å². The van der Waals surface area contributed by atoms with Gasteiger partial charge in [0.25, 0.3) is 5.91 Å². The summed E-state index contributed by atoms with van der Waals surface area (Å²) in [6, 6.07) is 7.71. The first-order valence-electron chi connectivity index (χ1n) is 5.89. The minimum atomic E-state index is -0.821. The Labute approximate surface area is 124 Å². The number of hydrogen-bond acceptors (Lipinski definition) is 3. The molecule has 0 spiro atoms. The maximum Gasteiger partial charge on any atom is 0.265 e. The van der Waals surface area contributed by atoms with Crippen molar-refractivity contribution in [1.82, 2.24) is 4.98 Å². The number of carbonyl (C=O) groups excluding carboxylic acids is 1. The molecule has 1 aromatic carbocycles. The molecule has 104 valence electrons. The highest BCUT2D eigenvalue weighted by atomic mass is 79.9. The van der Waals surface area contributed by atoms with E-state index >= 15 is 0 Å². The van der Waals surface area contributed by atoms with E-state index in [1.54, 1.807) is 37.5 Å². The zero-order valence-corrected chi connectivity index (χ0v) is 12.2. The second-order valence-electron chi connectivity index (χ2n) is 4.06. The third kappa shape index (κ3) is 3.77. The Kier molecular flexibility index (Phi) is 4.68. The van der Waals surface area contributed by atoms with Crippen LogP contribution in [0.3, 0.4) is 0 Å². The first kappa shape index (κ1) is 14.5. The fraction of sp³-hybridized carbons (Fsp3) is 0.143. The van der Waals surface area contributed by atoms with Crippen LogP contribution >= 0.6 is 15.9 Å². The molecule has 1 aromatic heterocycles. The number of aromatic nitrogens is 1. The van der Waals surface area contributed by atoms with Gasteiger partial charge in [0.05, 0.1) is 0 Å². The summed E-state index contributed by atoms with van der Waals surface area (Å²) in [5.74, 6) is -0.855. The first-order valence-corrected chi connectivity index (χ1v) is 6.68. The third-order valence-electron chi connectivity index (χ3n) is 2.51. The Morgan fingerprint density at radius 3 is 2.70 bits per heavy atom. The van der Waals surface area contributed by atoms with Gasteiger partial charge >= 0.3 is 0 Å². The van der Waals surface area contributed by atoms with Crippen LogP contribution in [0.4, 0.5) is 10.1 Å². The lowest BCUT2D eigenvalue weighted by Crippen LogP contribution is -2.30. The van der Waals surface area contributed by atoms with Crippen LogP contribution in [0.1, 0.15) is 6.92 Å². The van der Waals surface area contributed by atoms with Crippen LogP contribution in [0.2, 0.25) is 0 Å². The number of ether oxygens (including phenoxy) is 1. The van der Waals surface area contributed by atoms with Crippen molar-refractivity contribution in [2.45, 2.75) is 13.0 Å². The molecule has 20 heavy (non-hydrogen) atoms. The van der Waals surface area contributed by atoms with Crippen LogP contribution in [0.25, 0.3) is 0 Å². The van der Waals surface area contributed by atoms with Crippen molar-refractivity contribution < 1.29 is 13.9 Å². The zero-order chi connectivity index (χ0) is 14.5. The zero-order valence-electron chi connectivity index (χ0n) is 10.6. The SMILES string of the molecule is CC(Oc1ccc(Br)cc1F)C(=O)Nc1ccncc1. The molecule has 6 heteroatoms. The monoisotopic (exact) mass is 338 g/mol. The molecule has 0 aliphatic heterocycles. The lowest BCUT2D eigenvalue weighted by molar-refractivity contribution is -0.122. The largest absolute Gasteiger partial charge is 0.478 e. The van der Waals surface area contributed by atoms with Crippen LogP contribution in [-0.4, -0.2) is 17.0 Å². The fourth-order valence-corrected chi connectivity index (χ4v) is 1.83. The quantitative estimate of drug-likeness (QED) is 0.929. The molecule has 0 aliphatic rings. The highest BCUT2D eigenvalue weighted by Gasteiger charge is 2.16. The lowest BCUT2D eigenvalue weighted by Gasteiger charge is -2.15. The molecule has 2 rings (SSSR count). The predicted octanol–water partition coefficient (Wildman–Crippen LogP) is 3.39. The number of benzene rings is 1. The molecule has 0 saturated carbocycles. The molecule has 1 heterocycles. The Hall–Kier alpha value is -1.95. The maximum atomic E-state index is 13.6. The minimum absolute atomic E-state index is 0.0329. The summed E-state index contributed by atoms with van der Waals surface area (Å²) in [6.07, 6.45) is 2.31. The van der Waals surface area contributed by atoms with Gasteiger partial charge in [0.1, 0.15) is 0 Å². The van der Waals surface area contributed by atoms with E-state index in [0.29, 0.717) is 10.2 Å². The van der Waals surface area contributed by atoms with E-state index in [1.165, 1.54) is 12.1 Å². The highest BCUT2D eigenvalue weighted by molar-refractivity contribution is 9.10. The Bertz CT molecular complexity index is 607. The summed E-state index contributed by atoms with van der Waals surface area (Å²) in [7, 11) is 0. The molecule has 0 fully saturated rings. The molecule has 0 saturated heterocycles. The van der Waals surface area contributed by atoms with Crippen molar-refractivity contribution in [3.8, 4) is 5.75 Å². The smallest absolute Gasteiger partial charge is 0.265 e. The average molecular weight is 339 g/mol. The Morgan fingerprint density at radius 2 is 2.05 bits per heavy atom. The molecule has 2 aromatic rings. The summed E-state index contributed by atoms with van der Waals surface area (Å²) in [4.78, 5) is 15.8. The van der Waals surface area contributed by atoms with Gasteiger partial charge in [-0.05, 0) is 37.3 Å². The number of amides is 1. The van der Waals surface area contributed by atoms with Crippen molar-refractivity contribution in [3.63, 3.8) is 0 Å². The number of hydrogen-bond donors (Lipinski definition) is 1. The summed E-state index contributed by atoms with van der Waals surface area (Å²) in [6.45, 7) is 1.55. The maximum absolute atomic E-state index is 13.6. The van der Waals surface area contributed by atoms with Crippen LogP contribution in [-0.2, 0) is 4.79 Å². The molecule has 1 N–H and O–H groups in total. The Morgan fingerprint density at radius 1 is 1.35 bits per heavy atom. The molecule has 4 nitrogen and oxygen atoms in total. The molecule has 1 unspecified atom stereocenters. The van der Waals surface area contributed by atoms with Gasteiger partial charge < -0.3 is 10.1 Å². The van der Waals surface area contributed by atoms with E-state index in [1.807, 2.05) is 0 Å². The average Bonchev–Trinajstić information content (AvgIpc) is 2.43. The van der Waals surface area contributed by atoms with Gasteiger partial charge in [0.2, 0.25) is 0 Å². The van der Waals surface area contributed by atoms with Gasteiger partial charge in [0.15, 0.2) is 17.7 Å². The van der Waals surface area contributed by atoms with Crippen molar-refractivity contribution in [2.75, 3.05) is 5.32 Å². The van der Waals surface area contributed by atoms with Crippen molar-refractivity contribution in [1.29, 1.82) is 0 Å². The molecular weight excluding hydrogens is 327 g/mol. The van der Waals surface area contributed by atoms with E-state index in [4.69, 9.17) is 4.74 Å². The molecular formula is C14H12BrFN2O2. The van der Waals surface area contributed by atoms with Gasteiger partial charge in [-0.1, -0.05) is 15.9 Å². The van der Waals surface area contributed by atoms with Crippen LogP contribution in [0, 0.1) is 5.82 Å². The third-order valence-corrected chi connectivity index (χ3v) is 3.01. The summed E-state index contributed by atoms with van der Waals surface area (Å²) < 4.78 is 19.5. The van der Waals surface area contributed by atoms with Gasteiger partial charge in [-0.3, -0.25) is 9.78 Å². The predicted molar refractivity (Wildman–Crippen MR) is 77.1 cm³/mol. The second kappa shape index (κ2) is 6.47. The molecule has 1 amide bonds. The number of carbonyl (C=O) groups is 1. The van der Waals surface area contributed by atoms with E-state index in [2.05, 4.69) is 26.2 Å². The van der Waals surface area contributed by atoms with Crippen LogP contribution in [0.15, 0.2) is 47.2 Å². The van der Waals surface area contributed by atoms with E-state index in [0.717, 1.165) is 0 Å². The lowest BCUT2D eigenvalue weighted by atomic mass is 10.3. The van der Waals surface area contributed by atoms with Crippen LogP contribution in [0.5, 0.6) is 5.75 Å². The van der Waals surface area contributed by atoms with E-state index in [-0.39, 0.29) is 11.7 Å². The van der Waals surface area contributed by atoms with Crippen molar-refractivity contribution in [2.24, 2.45) is 0 Å². The first-order chi connectivity index (χ1) is 9.56. The number of pyridine rings is 1. The Balaban J connectivity index is 2.00.